The van der Waals surface area contributed by atoms with Crippen LogP contribution in [0.3, 0.4) is 0 Å². The van der Waals surface area contributed by atoms with Crippen LogP contribution in [0.15, 0.2) is 42.9 Å². The Morgan fingerprint density at radius 3 is 2.79 bits per heavy atom. The fraction of sp³-hybridized carbons (Fsp3) is 0.478. The van der Waals surface area contributed by atoms with E-state index in [9.17, 15) is 9.59 Å². The molecule has 1 atom stereocenters. The number of carbonyl (C=O) groups excluding carboxylic acids is 2. The van der Waals surface area contributed by atoms with Crippen LogP contribution in [0.4, 0.5) is 0 Å². The van der Waals surface area contributed by atoms with Crippen molar-refractivity contribution >= 4 is 11.9 Å². The van der Waals surface area contributed by atoms with Crippen molar-refractivity contribution in [2.45, 2.75) is 46.0 Å². The zero-order chi connectivity index (χ0) is 20.7. The average molecular weight is 396 g/mol. The van der Waals surface area contributed by atoms with Crippen LogP contribution < -0.4 is 0 Å². The van der Waals surface area contributed by atoms with Gasteiger partial charge in [0.1, 0.15) is 0 Å². The normalized spacial score (nSPS) is 19.0. The molecule has 6 heteroatoms. The van der Waals surface area contributed by atoms with Crippen molar-refractivity contribution in [3.8, 4) is 0 Å². The summed E-state index contributed by atoms with van der Waals surface area (Å²) in [6, 6.07) is 8.11. The molecule has 0 spiro atoms. The van der Waals surface area contributed by atoms with Gasteiger partial charge >= 0.3 is 5.97 Å². The SMILES string of the molecule is CCOC(=O)C1(Cc2ccccc2C)CCCN(C(=O)CCc2cnccn2)C1. The molecule has 1 aliphatic rings. The lowest BCUT2D eigenvalue weighted by molar-refractivity contribution is -0.160. The fourth-order valence-electron chi connectivity index (χ4n) is 4.04. The highest BCUT2D eigenvalue weighted by atomic mass is 16.5. The summed E-state index contributed by atoms with van der Waals surface area (Å²) >= 11 is 0. The van der Waals surface area contributed by atoms with Gasteiger partial charge in [0.15, 0.2) is 0 Å². The molecule has 6 nitrogen and oxygen atoms in total. The van der Waals surface area contributed by atoms with Gasteiger partial charge < -0.3 is 9.64 Å². The Labute approximate surface area is 172 Å². The lowest BCUT2D eigenvalue weighted by Gasteiger charge is -2.41. The molecule has 3 rings (SSSR count). The zero-order valence-electron chi connectivity index (χ0n) is 17.3. The second-order valence-electron chi connectivity index (χ2n) is 7.72. The fourth-order valence-corrected chi connectivity index (χ4v) is 4.04. The van der Waals surface area contributed by atoms with Crippen molar-refractivity contribution in [3.05, 3.63) is 59.7 Å². The summed E-state index contributed by atoms with van der Waals surface area (Å²) in [6.07, 6.45) is 7.96. The maximum absolute atomic E-state index is 13.0. The quantitative estimate of drug-likeness (QED) is 0.674. The standard InChI is InChI=1S/C23H29N3O3/c1-3-29-22(28)23(15-19-8-5-4-7-18(19)2)11-6-14-26(17-23)21(27)10-9-20-16-24-12-13-25-20/h4-5,7-8,12-13,16H,3,6,9-11,14-15,17H2,1-2H3. The maximum atomic E-state index is 13.0. The molecule has 154 valence electrons. The molecular weight excluding hydrogens is 366 g/mol. The molecule has 29 heavy (non-hydrogen) atoms. The molecule has 1 amide bonds. The lowest BCUT2D eigenvalue weighted by atomic mass is 9.74. The predicted octanol–water partition coefficient (Wildman–Crippen LogP) is 3.13. The summed E-state index contributed by atoms with van der Waals surface area (Å²) < 4.78 is 5.46. The number of amides is 1. The third-order valence-electron chi connectivity index (χ3n) is 5.64. The maximum Gasteiger partial charge on any atom is 0.314 e. The van der Waals surface area contributed by atoms with E-state index in [1.165, 1.54) is 0 Å². The molecule has 1 unspecified atom stereocenters. The van der Waals surface area contributed by atoms with Gasteiger partial charge in [-0.05, 0) is 50.7 Å². The van der Waals surface area contributed by atoms with Crippen LogP contribution in [0.2, 0.25) is 0 Å². The third kappa shape index (κ3) is 5.19. The highest BCUT2D eigenvalue weighted by molar-refractivity contribution is 5.81. The molecule has 1 aromatic carbocycles. The third-order valence-corrected chi connectivity index (χ3v) is 5.64. The summed E-state index contributed by atoms with van der Waals surface area (Å²) in [7, 11) is 0. The zero-order valence-corrected chi connectivity index (χ0v) is 17.3. The van der Waals surface area contributed by atoms with Gasteiger partial charge in [-0.3, -0.25) is 19.6 Å². The first-order valence-electron chi connectivity index (χ1n) is 10.3. The van der Waals surface area contributed by atoms with Crippen LogP contribution in [0.5, 0.6) is 0 Å². The number of hydrogen-bond acceptors (Lipinski definition) is 5. The topological polar surface area (TPSA) is 72.4 Å². The van der Waals surface area contributed by atoms with Gasteiger partial charge in [-0.25, -0.2) is 0 Å². The van der Waals surface area contributed by atoms with Crippen LogP contribution in [0, 0.1) is 12.3 Å². The van der Waals surface area contributed by atoms with E-state index in [0.717, 1.165) is 29.7 Å². The number of carbonyl (C=O) groups is 2. The lowest BCUT2D eigenvalue weighted by Crippen LogP contribution is -2.51. The van der Waals surface area contributed by atoms with Crippen molar-refractivity contribution in [1.29, 1.82) is 0 Å². The minimum absolute atomic E-state index is 0.0498. The number of aromatic nitrogens is 2. The minimum atomic E-state index is -0.692. The summed E-state index contributed by atoms with van der Waals surface area (Å²) in [4.78, 5) is 36.0. The molecule has 0 aliphatic carbocycles. The molecular formula is C23H29N3O3. The molecule has 1 aromatic heterocycles. The summed E-state index contributed by atoms with van der Waals surface area (Å²) in [5, 5.41) is 0. The van der Waals surface area contributed by atoms with Crippen molar-refractivity contribution in [2.24, 2.45) is 5.41 Å². The summed E-state index contributed by atoms with van der Waals surface area (Å²) in [5.41, 5.74) is 2.40. The van der Waals surface area contributed by atoms with Crippen LogP contribution in [-0.4, -0.2) is 46.4 Å². The van der Waals surface area contributed by atoms with E-state index in [4.69, 9.17) is 4.74 Å². The van der Waals surface area contributed by atoms with E-state index in [1.807, 2.05) is 24.0 Å². The van der Waals surface area contributed by atoms with Crippen molar-refractivity contribution < 1.29 is 14.3 Å². The first-order chi connectivity index (χ1) is 14.0. The molecule has 0 saturated carbocycles. The largest absolute Gasteiger partial charge is 0.466 e. The molecule has 0 radical (unpaired) electrons. The van der Waals surface area contributed by atoms with Crippen LogP contribution >= 0.6 is 0 Å². The number of rotatable bonds is 7. The van der Waals surface area contributed by atoms with Gasteiger partial charge in [-0.2, -0.15) is 0 Å². The molecule has 0 N–H and O–H groups in total. The van der Waals surface area contributed by atoms with E-state index in [0.29, 0.717) is 39.0 Å². The Morgan fingerprint density at radius 1 is 1.24 bits per heavy atom. The minimum Gasteiger partial charge on any atom is -0.466 e. The van der Waals surface area contributed by atoms with Gasteiger partial charge in [0.2, 0.25) is 5.91 Å². The Bertz CT molecular complexity index is 840. The predicted molar refractivity (Wildman–Crippen MR) is 110 cm³/mol. The Hall–Kier alpha value is -2.76. The number of benzene rings is 1. The van der Waals surface area contributed by atoms with E-state index in [2.05, 4.69) is 29.0 Å². The van der Waals surface area contributed by atoms with Crippen LogP contribution in [-0.2, 0) is 27.2 Å². The smallest absolute Gasteiger partial charge is 0.314 e. The van der Waals surface area contributed by atoms with E-state index in [1.54, 1.807) is 18.6 Å². The van der Waals surface area contributed by atoms with E-state index < -0.39 is 5.41 Å². The number of likely N-dealkylation sites (tertiary alicyclic amines) is 1. The van der Waals surface area contributed by atoms with Gasteiger partial charge in [-0.1, -0.05) is 24.3 Å². The monoisotopic (exact) mass is 395 g/mol. The average Bonchev–Trinajstić information content (AvgIpc) is 2.75. The molecule has 1 aliphatic heterocycles. The summed E-state index contributed by atoms with van der Waals surface area (Å²) in [5.74, 6) is -0.150. The highest BCUT2D eigenvalue weighted by Gasteiger charge is 2.44. The van der Waals surface area contributed by atoms with Gasteiger partial charge in [-0.15, -0.1) is 0 Å². The van der Waals surface area contributed by atoms with E-state index >= 15 is 0 Å². The number of nitrogens with zero attached hydrogens (tertiary/aromatic N) is 3. The second-order valence-corrected chi connectivity index (χ2v) is 7.72. The Kier molecular flexibility index (Phi) is 6.96. The number of hydrogen-bond donors (Lipinski definition) is 0. The van der Waals surface area contributed by atoms with Crippen molar-refractivity contribution in [2.75, 3.05) is 19.7 Å². The van der Waals surface area contributed by atoms with Crippen LogP contribution in [0.25, 0.3) is 0 Å². The van der Waals surface area contributed by atoms with Crippen molar-refractivity contribution in [1.82, 2.24) is 14.9 Å². The van der Waals surface area contributed by atoms with E-state index in [-0.39, 0.29) is 11.9 Å². The molecule has 2 aromatic rings. The number of esters is 1. The van der Waals surface area contributed by atoms with Crippen LogP contribution in [0.1, 0.15) is 43.0 Å². The number of piperidine rings is 1. The Morgan fingerprint density at radius 2 is 2.07 bits per heavy atom. The molecule has 1 fully saturated rings. The molecule has 0 bridgehead atoms. The highest BCUT2D eigenvalue weighted by Crippen LogP contribution is 2.36. The first-order valence-corrected chi connectivity index (χ1v) is 10.3. The number of aryl methyl sites for hydroxylation is 2. The summed E-state index contributed by atoms with van der Waals surface area (Å²) in [6.45, 7) is 5.30. The second kappa shape index (κ2) is 9.63. The molecule has 2 heterocycles. The van der Waals surface area contributed by atoms with Gasteiger partial charge in [0.25, 0.3) is 0 Å². The van der Waals surface area contributed by atoms with Gasteiger partial charge in [0, 0.05) is 38.1 Å². The van der Waals surface area contributed by atoms with Gasteiger partial charge in [0.05, 0.1) is 17.7 Å². The Balaban J connectivity index is 1.75. The van der Waals surface area contributed by atoms with Crippen molar-refractivity contribution in [3.63, 3.8) is 0 Å². The number of ether oxygens (including phenoxy) is 1. The molecule has 1 saturated heterocycles. The first kappa shape index (κ1) is 21.0.